The lowest BCUT2D eigenvalue weighted by Crippen LogP contribution is -2.24. The average molecular weight is 356 g/mol. The molecule has 25 heavy (non-hydrogen) atoms. The smallest absolute Gasteiger partial charge is 0.297 e. The average Bonchev–Trinajstić information content (AvgIpc) is 2.65. The number of hydrogen-bond acceptors (Lipinski definition) is 4. The summed E-state index contributed by atoms with van der Waals surface area (Å²) >= 11 is 5.88. The van der Waals surface area contributed by atoms with Gasteiger partial charge in [0, 0.05) is 29.6 Å². The number of benzene rings is 2. The van der Waals surface area contributed by atoms with E-state index in [-0.39, 0.29) is 5.56 Å². The van der Waals surface area contributed by atoms with E-state index < -0.39 is 0 Å². The first-order chi connectivity index (χ1) is 12.2. The molecule has 0 fully saturated rings. The Balaban J connectivity index is 1.72. The first-order valence-corrected chi connectivity index (χ1v) is 8.25. The summed E-state index contributed by atoms with van der Waals surface area (Å²) in [5.74, 6) is 1.07. The fourth-order valence-electron chi connectivity index (χ4n) is 2.46. The van der Waals surface area contributed by atoms with Crippen LogP contribution in [0.15, 0.2) is 65.7 Å². The van der Waals surface area contributed by atoms with Crippen LogP contribution in [0, 0.1) is 0 Å². The highest BCUT2D eigenvalue weighted by atomic mass is 35.5. The first kappa shape index (κ1) is 17.0. The van der Waals surface area contributed by atoms with E-state index in [1.165, 1.54) is 0 Å². The van der Waals surface area contributed by atoms with Crippen LogP contribution in [-0.4, -0.2) is 23.2 Å². The van der Waals surface area contributed by atoms with Crippen molar-refractivity contribution in [3.05, 3.63) is 81.9 Å². The van der Waals surface area contributed by atoms with Crippen molar-refractivity contribution in [2.75, 3.05) is 19.0 Å². The molecule has 0 amide bonds. The van der Waals surface area contributed by atoms with Gasteiger partial charge in [-0.05, 0) is 48.4 Å². The molecule has 128 valence electrons. The van der Waals surface area contributed by atoms with E-state index in [2.05, 4.69) is 10.3 Å². The maximum Gasteiger partial charge on any atom is 0.297 e. The second-order valence-corrected chi connectivity index (χ2v) is 5.89. The van der Waals surface area contributed by atoms with E-state index in [9.17, 15) is 4.79 Å². The van der Waals surface area contributed by atoms with Gasteiger partial charge in [0.25, 0.3) is 5.56 Å². The molecular formula is C19H18ClN3O2. The molecule has 0 unspecified atom stereocenters. The second-order valence-electron chi connectivity index (χ2n) is 5.45. The van der Waals surface area contributed by atoms with E-state index in [0.29, 0.717) is 17.4 Å². The summed E-state index contributed by atoms with van der Waals surface area (Å²) < 4.78 is 6.69. The molecule has 0 bridgehead atoms. The third-order valence-electron chi connectivity index (χ3n) is 3.81. The highest BCUT2D eigenvalue weighted by Crippen LogP contribution is 2.14. The molecule has 3 aromatic rings. The van der Waals surface area contributed by atoms with Crippen LogP contribution in [0.5, 0.6) is 5.75 Å². The molecular weight excluding hydrogens is 338 g/mol. The Labute approximate surface area is 150 Å². The number of methoxy groups -OCH3 is 1. The molecule has 0 spiro atoms. The van der Waals surface area contributed by atoms with Crippen molar-refractivity contribution >= 4 is 17.4 Å². The summed E-state index contributed by atoms with van der Waals surface area (Å²) in [6.07, 6.45) is 4.03. The van der Waals surface area contributed by atoms with Crippen LogP contribution < -0.4 is 15.6 Å². The predicted octanol–water partition coefficient (Wildman–Crippen LogP) is 3.55. The zero-order chi connectivity index (χ0) is 17.6. The molecule has 3 rings (SSSR count). The number of rotatable bonds is 6. The van der Waals surface area contributed by atoms with Crippen molar-refractivity contribution in [1.29, 1.82) is 0 Å². The Morgan fingerprint density at radius 1 is 1.12 bits per heavy atom. The zero-order valence-corrected chi connectivity index (χ0v) is 14.5. The van der Waals surface area contributed by atoms with Gasteiger partial charge in [-0.25, -0.2) is 4.98 Å². The molecule has 1 aromatic heterocycles. The van der Waals surface area contributed by atoms with Crippen molar-refractivity contribution in [3.8, 4) is 11.4 Å². The van der Waals surface area contributed by atoms with Crippen molar-refractivity contribution < 1.29 is 4.74 Å². The van der Waals surface area contributed by atoms with Crippen LogP contribution in [-0.2, 0) is 6.42 Å². The minimum absolute atomic E-state index is 0.191. The summed E-state index contributed by atoms with van der Waals surface area (Å²) in [6, 6.07) is 14.9. The van der Waals surface area contributed by atoms with Gasteiger partial charge in [0.2, 0.25) is 0 Å². The minimum Gasteiger partial charge on any atom is -0.497 e. The highest BCUT2D eigenvalue weighted by molar-refractivity contribution is 6.30. The van der Waals surface area contributed by atoms with Gasteiger partial charge in [0.15, 0.2) is 5.82 Å². The highest BCUT2D eigenvalue weighted by Gasteiger charge is 2.06. The molecule has 0 saturated heterocycles. The van der Waals surface area contributed by atoms with Crippen LogP contribution >= 0.6 is 11.6 Å². The van der Waals surface area contributed by atoms with Crippen LogP contribution in [0.4, 0.5) is 5.82 Å². The molecule has 5 nitrogen and oxygen atoms in total. The molecule has 6 heteroatoms. The lowest BCUT2D eigenvalue weighted by molar-refractivity contribution is 0.414. The molecule has 1 heterocycles. The summed E-state index contributed by atoms with van der Waals surface area (Å²) in [5.41, 5.74) is 1.71. The van der Waals surface area contributed by atoms with Crippen LogP contribution in [0.3, 0.4) is 0 Å². The Bertz CT molecular complexity index is 890. The fraction of sp³-hybridized carbons (Fsp3) is 0.158. The summed E-state index contributed by atoms with van der Waals surface area (Å²) in [6.45, 7) is 0.608. The predicted molar refractivity (Wildman–Crippen MR) is 100 cm³/mol. The SMILES string of the molecule is COc1ccc(-n2ccnc(NCCc3ccc(Cl)cc3)c2=O)cc1. The van der Waals surface area contributed by atoms with Crippen LogP contribution in [0.1, 0.15) is 5.56 Å². The standard InChI is InChI=1S/C19H18ClN3O2/c1-25-17-8-6-16(7-9-17)23-13-12-22-18(19(23)24)21-11-10-14-2-4-15(20)5-3-14/h2-9,12-13H,10-11H2,1H3,(H,21,22). The van der Waals surface area contributed by atoms with Crippen LogP contribution in [0.25, 0.3) is 5.69 Å². The van der Waals surface area contributed by atoms with Gasteiger partial charge in [-0.3, -0.25) is 9.36 Å². The van der Waals surface area contributed by atoms with Crippen molar-refractivity contribution in [3.63, 3.8) is 0 Å². The largest absolute Gasteiger partial charge is 0.497 e. The van der Waals surface area contributed by atoms with Gasteiger partial charge in [0.1, 0.15) is 5.75 Å². The minimum atomic E-state index is -0.191. The molecule has 0 atom stereocenters. The zero-order valence-electron chi connectivity index (χ0n) is 13.8. The van der Waals surface area contributed by atoms with E-state index in [0.717, 1.165) is 23.4 Å². The van der Waals surface area contributed by atoms with Crippen LogP contribution in [0.2, 0.25) is 5.02 Å². The summed E-state index contributed by atoms with van der Waals surface area (Å²) in [5, 5.41) is 3.82. The molecule has 0 aliphatic rings. The normalized spacial score (nSPS) is 10.5. The number of aromatic nitrogens is 2. The Morgan fingerprint density at radius 2 is 1.84 bits per heavy atom. The van der Waals surface area contributed by atoms with Gasteiger partial charge in [-0.15, -0.1) is 0 Å². The van der Waals surface area contributed by atoms with E-state index in [1.54, 1.807) is 24.1 Å². The first-order valence-electron chi connectivity index (χ1n) is 7.88. The lowest BCUT2D eigenvalue weighted by atomic mass is 10.1. The van der Waals surface area contributed by atoms with Gasteiger partial charge in [-0.2, -0.15) is 0 Å². The Hall–Kier alpha value is -2.79. The van der Waals surface area contributed by atoms with Crippen molar-refractivity contribution in [2.24, 2.45) is 0 Å². The third kappa shape index (κ3) is 4.19. The molecule has 0 saturated carbocycles. The van der Waals surface area contributed by atoms with Crippen molar-refractivity contribution in [2.45, 2.75) is 6.42 Å². The Kier molecular flexibility index (Phi) is 5.36. The number of ether oxygens (including phenoxy) is 1. The van der Waals surface area contributed by atoms with Crippen molar-refractivity contribution in [1.82, 2.24) is 9.55 Å². The quantitative estimate of drug-likeness (QED) is 0.734. The molecule has 2 aromatic carbocycles. The van der Waals surface area contributed by atoms with Gasteiger partial charge < -0.3 is 10.1 Å². The van der Waals surface area contributed by atoms with E-state index >= 15 is 0 Å². The molecule has 0 radical (unpaired) electrons. The lowest BCUT2D eigenvalue weighted by Gasteiger charge is -2.10. The van der Waals surface area contributed by atoms with E-state index in [1.807, 2.05) is 48.5 Å². The summed E-state index contributed by atoms with van der Waals surface area (Å²) in [4.78, 5) is 16.8. The molecule has 0 aliphatic heterocycles. The number of anilines is 1. The molecule has 0 aliphatic carbocycles. The second kappa shape index (κ2) is 7.85. The maximum absolute atomic E-state index is 12.6. The number of hydrogen-bond donors (Lipinski definition) is 1. The number of nitrogens with one attached hydrogen (secondary N) is 1. The van der Waals surface area contributed by atoms with Gasteiger partial charge >= 0.3 is 0 Å². The maximum atomic E-state index is 12.6. The number of halogens is 1. The van der Waals surface area contributed by atoms with Gasteiger partial charge in [-0.1, -0.05) is 23.7 Å². The fourth-order valence-corrected chi connectivity index (χ4v) is 2.58. The van der Waals surface area contributed by atoms with E-state index in [4.69, 9.17) is 16.3 Å². The topological polar surface area (TPSA) is 56.1 Å². The monoisotopic (exact) mass is 355 g/mol. The Morgan fingerprint density at radius 3 is 2.52 bits per heavy atom. The number of nitrogens with zero attached hydrogens (tertiary/aromatic N) is 2. The third-order valence-corrected chi connectivity index (χ3v) is 4.06. The van der Waals surface area contributed by atoms with Gasteiger partial charge in [0.05, 0.1) is 7.11 Å². The molecule has 1 N–H and O–H groups in total. The summed E-state index contributed by atoms with van der Waals surface area (Å²) in [7, 11) is 1.61.